The van der Waals surface area contributed by atoms with Crippen LogP contribution in [0.25, 0.3) is 11.1 Å². The van der Waals surface area contributed by atoms with Crippen molar-refractivity contribution in [2.24, 2.45) is 0 Å². The van der Waals surface area contributed by atoms with Gasteiger partial charge in [0.05, 0.1) is 5.02 Å². The number of halogens is 1. The van der Waals surface area contributed by atoms with Crippen molar-refractivity contribution in [3.8, 4) is 16.9 Å². The molecule has 0 saturated carbocycles. The van der Waals surface area contributed by atoms with E-state index < -0.39 is 0 Å². The van der Waals surface area contributed by atoms with Gasteiger partial charge in [-0.1, -0.05) is 48.0 Å². The van der Waals surface area contributed by atoms with Crippen molar-refractivity contribution >= 4 is 17.5 Å². The summed E-state index contributed by atoms with van der Waals surface area (Å²) in [5.74, 6) is 0.541. The van der Waals surface area contributed by atoms with Crippen molar-refractivity contribution in [2.75, 3.05) is 32.8 Å². The smallest absolute Gasteiger partial charge is 0.260 e. The highest BCUT2D eigenvalue weighted by Crippen LogP contribution is 2.30. The van der Waals surface area contributed by atoms with E-state index in [1.807, 2.05) is 53.4 Å². The standard InChI is InChI=1S/C19H21ClN2O2/c20-17-13-16(15-5-2-1-3-6-15)7-8-18(17)24-14-19(23)22-11-4-9-21-10-12-22/h1-3,5-8,13,21H,4,9-12,14H2. The Morgan fingerprint density at radius 3 is 2.71 bits per heavy atom. The van der Waals surface area contributed by atoms with Gasteiger partial charge in [-0.25, -0.2) is 0 Å². The minimum absolute atomic E-state index is 0.00176. The summed E-state index contributed by atoms with van der Waals surface area (Å²) in [5.41, 5.74) is 2.12. The van der Waals surface area contributed by atoms with E-state index in [4.69, 9.17) is 16.3 Å². The fourth-order valence-corrected chi connectivity index (χ4v) is 2.99. The molecular weight excluding hydrogens is 324 g/mol. The molecule has 1 saturated heterocycles. The van der Waals surface area contributed by atoms with E-state index in [0.29, 0.717) is 10.8 Å². The molecular formula is C19H21ClN2O2. The second-order valence-electron chi connectivity index (χ2n) is 5.78. The van der Waals surface area contributed by atoms with Crippen LogP contribution in [0.3, 0.4) is 0 Å². The van der Waals surface area contributed by atoms with Gasteiger partial charge in [0.25, 0.3) is 5.91 Å². The van der Waals surface area contributed by atoms with E-state index in [2.05, 4.69) is 5.32 Å². The molecule has 1 fully saturated rings. The molecule has 0 unspecified atom stereocenters. The van der Waals surface area contributed by atoms with Gasteiger partial charge in [0.15, 0.2) is 6.61 Å². The van der Waals surface area contributed by atoms with E-state index in [1.165, 1.54) is 0 Å². The molecule has 0 atom stereocenters. The average molecular weight is 345 g/mol. The van der Waals surface area contributed by atoms with Crippen LogP contribution in [0.5, 0.6) is 5.75 Å². The maximum atomic E-state index is 12.3. The Hall–Kier alpha value is -2.04. The summed E-state index contributed by atoms with van der Waals surface area (Å²) in [6, 6.07) is 15.7. The number of nitrogens with one attached hydrogen (secondary N) is 1. The first kappa shape index (κ1) is 16.8. The maximum Gasteiger partial charge on any atom is 0.260 e. The van der Waals surface area contributed by atoms with Crippen LogP contribution >= 0.6 is 11.6 Å². The summed E-state index contributed by atoms with van der Waals surface area (Å²) in [6.07, 6.45) is 0.971. The van der Waals surface area contributed by atoms with Gasteiger partial charge in [0, 0.05) is 19.6 Å². The van der Waals surface area contributed by atoms with Gasteiger partial charge in [0.2, 0.25) is 0 Å². The maximum absolute atomic E-state index is 12.3. The van der Waals surface area contributed by atoms with E-state index in [1.54, 1.807) is 0 Å². The van der Waals surface area contributed by atoms with Gasteiger partial charge >= 0.3 is 0 Å². The van der Waals surface area contributed by atoms with Crippen LogP contribution in [0.1, 0.15) is 6.42 Å². The molecule has 4 nitrogen and oxygen atoms in total. The summed E-state index contributed by atoms with van der Waals surface area (Å²) in [7, 11) is 0. The molecule has 0 spiro atoms. The number of ether oxygens (including phenoxy) is 1. The second kappa shape index (κ2) is 8.18. The van der Waals surface area contributed by atoms with Crippen molar-refractivity contribution in [2.45, 2.75) is 6.42 Å². The van der Waals surface area contributed by atoms with Crippen LogP contribution in [-0.4, -0.2) is 43.6 Å². The number of hydrogen-bond donors (Lipinski definition) is 1. The normalized spacial score (nSPS) is 15.0. The zero-order chi connectivity index (χ0) is 16.8. The average Bonchev–Trinajstić information content (AvgIpc) is 2.90. The second-order valence-corrected chi connectivity index (χ2v) is 6.19. The number of benzene rings is 2. The zero-order valence-corrected chi connectivity index (χ0v) is 14.3. The first-order valence-electron chi connectivity index (χ1n) is 8.20. The van der Waals surface area contributed by atoms with Crippen molar-refractivity contribution in [3.05, 3.63) is 53.6 Å². The highest BCUT2D eigenvalue weighted by molar-refractivity contribution is 6.32. The van der Waals surface area contributed by atoms with Crippen LogP contribution < -0.4 is 10.1 Å². The summed E-state index contributed by atoms with van der Waals surface area (Å²) in [6.45, 7) is 3.30. The molecule has 1 aliphatic rings. The molecule has 24 heavy (non-hydrogen) atoms. The Morgan fingerprint density at radius 2 is 1.92 bits per heavy atom. The number of rotatable bonds is 4. The molecule has 0 aliphatic carbocycles. The van der Waals surface area contributed by atoms with Gasteiger partial charge in [-0.05, 0) is 36.2 Å². The van der Waals surface area contributed by atoms with E-state index in [9.17, 15) is 4.79 Å². The summed E-state index contributed by atoms with van der Waals surface area (Å²) >= 11 is 6.31. The number of hydrogen-bond acceptors (Lipinski definition) is 3. The lowest BCUT2D eigenvalue weighted by Crippen LogP contribution is -2.37. The highest BCUT2D eigenvalue weighted by Gasteiger charge is 2.16. The topological polar surface area (TPSA) is 41.6 Å². The Labute approximate surface area is 147 Å². The molecule has 0 aromatic heterocycles. The minimum atomic E-state index is 0.00176. The van der Waals surface area contributed by atoms with Gasteiger partial charge in [-0.2, -0.15) is 0 Å². The summed E-state index contributed by atoms with van der Waals surface area (Å²) in [5, 5.41) is 3.80. The van der Waals surface area contributed by atoms with Gasteiger partial charge in [0.1, 0.15) is 5.75 Å². The van der Waals surface area contributed by atoms with Crippen LogP contribution in [0, 0.1) is 0 Å². The van der Waals surface area contributed by atoms with E-state index in [0.717, 1.165) is 43.7 Å². The van der Waals surface area contributed by atoms with E-state index in [-0.39, 0.29) is 12.5 Å². The lowest BCUT2D eigenvalue weighted by molar-refractivity contribution is -0.133. The SMILES string of the molecule is O=C(COc1ccc(-c2ccccc2)cc1Cl)N1CCCNCC1. The van der Waals surface area contributed by atoms with Crippen LogP contribution in [0.4, 0.5) is 0 Å². The predicted octanol–water partition coefficient (Wildman–Crippen LogP) is 3.21. The Morgan fingerprint density at radius 1 is 1.08 bits per heavy atom. The first-order chi connectivity index (χ1) is 11.7. The molecule has 1 N–H and O–H groups in total. The van der Waals surface area contributed by atoms with Gasteiger partial charge in [-0.15, -0.1) is 0 Å². The Balaban J connectivity index is 1.62. The molecule has 1 aliphatic heterocycles. The lowest BCUT2D eigenvalue weighted by atomic mass is 10.1. The number of nitrogens with zero attached hydrogens (tertiary/aromatic N) is 1. The Bertz CT molecular complexity index is 683. The molecule has 5 heteroatoms. The molecule has 2 aromatic carbocycles. The number of carbonyl (C=O) groups excluding carboxylic acids is 1. The fraction of sp³-hybridized carbons (Fsp3) is 0.316. The largest absolute Gasteiger partial charge is 0.482 e. The van der Waals surface area contributed by atoms with Crippen molar-refractivity contribution < 1.29 is 9.53 Å². The molecule has 0 radical (unpaired) electrons. The highest BCUT2D eigenvalue weighted by atomic mass is 35.5. The zero-order valence-electron chi connectivity index (χ0n) is 13.5. The quantitative estimate of drug-likeness (QED) is 0.926. The monoisotopic (exact) mass is 344 g/mol. The molecule has 0 bridgehead atoms. The summed E-state index contributed by atoms with van der Waals surface area (Å²) < 4.78 is 5.64. The summed E-state index contributed by atoms with van der Waals surface area (Å²) in [4.78, 5) is 14.1. The minimum Gasteiger partial charge on any atom is -0.482 e. The third-order valence-electron chi connectivity index (χ3n) is 4.08. The third kappa shape index (κ3) is 4.28. The van der Waals surface area contributed by atoms with Gasteiger partial charge in [-0.3, -0.25) is 4.79 Å². The first-order valence-corrected chi connectivity index (χ1v) is 8.58. The molecule has 2 aromatic rings. The number of carbonyl (C=O) groups is 1. The van der Waals surface area contributed by atoms with Crippen molar-refractivity contribution in [1.29, 1.82) is 0 Å². The van der Waals surface area contributed by atoms with Crippen LogP contribution in [-0.2, 0) is 4.79 Å². The van der Waals surface area contributed by atoms with Crippen LogP contribution in [0.2, 0.25) is 5.02 Å². The molecule has 126 valence electrons. The molecule has 1 heterocycles. The van der Waals surface area contributed by atoms with E-state index >= 15 is 0 Å². The molecule has 1 amide bonds. The van der Waals surface area contributed by atoms with Crippen LogP contribution in [0.15, 0.2) is 48.5 Å². The van der Waals surface area contributed by atoms with Crippen molar-refractivity contribution in [1.82, 2.24) is 10.2 Å². The fourth-order valence-electron chi connectivity index (χ4n) is 2.75. The molecule has 3 rings (SSSR count). The number of amides is 1. The lowest BCUT2D eigenvalue weighted by Gasteiger charge is -2.20. The van der Waals surface area contributed by atoms with Crippen molar-refractivity contribution in [3.63, 3.8) is 0 Å². The Kier molecular flexibility index (Phi) is 5.72. The predicted molar refractivity (Wildman–Crippen MR) is 96.4 cm³/mol. The van der Waals surface area contributed by atoms with Gasteiger partial charge < -0.3 is 15.0 Å². The third-order valence-corrected chi connectivity index (χ3v) is 4.38.